The van der Waals surface area contributed by atoms with Gasteiger partial charge in [0.25, 0.3) is 10.1 Å². The quantitative estimate of drug-likeness (QED) is 0.326. The summed E-state index contributed by atoms with van der Waals surface area (Å²) in [6, 6.07) is 0. The van der Waals surface area contributed by atoms with Crippen LogP contribution >= 0.6 is 0 Å². The SMILES string of the molecule is NC(CCO)(C(CCO)CCO)S(=O)(=O)O. The van der Waals surface area contributed by atoms with Crippen LogP contribution in [-0.4, -0.2) is 53.0 Å². The maximum Gasteiger partial charge on any atom is 0.284 e. The number of rotatable bonds is 8. The first-order valence-electron chi connectivity index (χ1n) is 4.92. The van der Waals surface area contributed by atoms with Crippen LogP contribution in [0.25, 0.3) is 0 Å². The van der Waals surface area contributed by atoms with Gasteiger partial charge in [-0.15, -0.1) is 0 Å². The van der Waals surface area contributed by atoms with Gasteiger partial charge >= 0.3 is 0 Å². The molecule has 0 heterocycles. The van der Waals surface area contributed by atoms with E-state index in [1.807, 2.05) is 0 Å². The summed E-state index contributed by atoms with van der Waals surface area (Å²) in [6.07, 6.45) is -0.301. The lowest BCUT2D eigenvalue weighted by atomic mass is 9.91. The minimum Gasteiger partial charge on any atom is -0.396 e. The summed E-state index contributed by atoms with van der Waals surface area (Å²) >= 11 is 0. The Morgan fingerprint density at radius 2 is 1.50 bits per heavy atom. The van der Waals surface area contributed by atoms with Crippen molar-refractivity contribution < 1.29 is 28.3 Å². The van der Waals surface area contributed by atoms with Crippen LogP contribution in [0.2, 0.25) is 0 Å². The average Bonchev–Trinajstić information content (AvgIpc) is 2.16. The van der Waals surface area contributed by atoms with Crippen molar-refractivity contribution in [3.63, 3.8) is 0 Å². The smallest absolute Gasteiger partial charge is 0.284 e. The first kappa shape index (κ1) is 15.8. The van der Waals surface area contributed by atoms with Crippen molar-refractivity contribution >= 4 is 10.1 Å². The number of aliphatic hydroxyl groups excluding tert-OH is 3. The van der Waals surface area contributed by atoms with Gasteiger partial charge in [0.15, 0.2) is 0 Å². The molecular formula is C8H19NO6S. The zero-order valence-corrected chi connectivity index (χ0v) is 9.73. The summed E-state index contributed by atoms with van der Waals surface area (Å²) in [6.45, 7) is -1.14. The summed E-state index contributed by atoms with van der Waals surface area (Å²) in [4.78, 5) is -2.03. The Hall–Kier alpha value is -0.250. The Kier molecular flexibility index (Phi) is 6.38. The van der Waals surface area contributed by atoms with Crippen LogP contribution in [0.4, 0.5) is 0 Å². The molecule has 0 fully saturated rings. The topological polar surface area (TPSA) is 141 Å². The van der Waals surface area contributed by atoms with Gasteiger partial charge in [-0.1, -0.05) is 0 Å². The first-order valence-corrected chi connectivity index (χ1v) is 6.36. The van der Waals surface area contributed by atoms with E-state index in [4.69, 9.17) is 25.6 Å². The van der Waals surface area contributed by atoms with E-state index in [2.05, 4.69) is 0 Å². The molecule has 0 aromatic carbocycles. The molecule has 0 rings (SSSR count). The van der Waals surface area contributed by atoms with Crippen LogP contribution in [0.1, 0.15) is 19.3 Å². The van der Waals surface area contributed by atoms with E-state index in [0.717, 1.165) is 0 Å². The monoisotopic (exact) mass is 257 g/mol. The summed E-state index contributed by atoms with van der Waals surface area (Å²) in [5, 5.41) is 26.3. The van der Waals surface area contributed by atoms with Gasteiger partial charge < -0.3 is 21.1 Å². The van der Waals surface area contributed by atoms with Gasteiger partial charge in [0.05, 0.1) is 0 Å². The lowest BCUT2D eigenvalue weighted by molar-refractivity contribution is 0.160. The molecule has 0 amide bonds. The fourth-order valence-electron chi connectivity index (χ4n) is 1.66. The number of hydrogen-bond donors (Lipinski definition) is 5. The predicted octanol–water partition coefficient (Wildman–Crippen LogP) is -1.71. The molecule has 16 heavy (non-hydrogen) atoms. The lowest BCUT2D eigenvalue weighted by Gasteiger charge is -2.33. The Balaban J connectivity index is 5.11. The Morgan fingerprint density at radius 3 is 1.75 bits per heavy atom. The highest BCUT2D eigenvalue weighted by Gasteiger charge is 2.45. The van der Waals surface area contributed by atoms with Gasteiger partial charge in [-0.2, -0.15) is 8.42 Å². The maximum atomic E-state index is 11.2. The normalized spacial score (nSPS) is 16.4. The van der Waals surface area contributed by atoms with Crippen LogP contribution in [0.3, 0.4) is 0 Å². The molecule has 0 aromatic heterocycles. The molecule has 6 N–H and O–H groups in total. The van der Waals surface area contributed by atoms with E-state index < -0.39 is 27.5 Å². The zero-order valence-electron chi connectivity index (χ0n) is 8.91. The third kappa shape index (κ3) is 3.65. The molecule has 0 spiro atoms. The molecule has 0 aliphatic heterocycles. The fourth-order valence-corrected chi connectivity index (χ4v) is 2.67. The highest BCUT2D eigenvalue weighted by atomic mass is 32.2. The van der Waals surface area contributed by atoms with E-state index in [1.54, 1.807) is 0 Å². The zero-order chi connectivity index (χ0) is 12.8. The molecule has 98 valence electrons. The molecule has 0 saturated heterocycles. The molecule has 7 nitrogen and oxygen atoms in total. The molecule has 8 heteroatoms. The molecule has 0 aliphatic rings. The van der Waals surface area contributed by atoms with E-state index in [-0.39, 0.29) is 32.5 Å². The van der Waals surface area contributed by atoms with Crippen LogP contribution < -0.4 is 5.73 Å². The third-order valence-corrected chi connectivity index (χ3v) is 4.13. The first-order chi connectivity index (χ1) is 7.33. The van der Waals surface area contributed by atoms with Gasteiger partial charge in [-0.25, -0.2) is 0 Å². The van der Waals surface area contributed by atoms with Crippen molar-refractivity contribution in [1.82, 2.24) is 0 Å². The number of nitrogens with two attached hydrogens (primary N) is 1. The van der Waals surface area contributed by atoms with Crippen molar-refractivity contribution in [2.45, 2.75) is 24.1 Å². The highest BCUT2D eigenvalue weighted by molar-refractivity contribution is 7.87. The summed E-state index contributed by atoms with van der Waals surface area (Å²) < 4.78 is 31.4. The Bertz CT molecular complexity index is 287. The standard InChI is InChI=1S/C8H19NO6S/c9-8(3-6-12,16(13,14)15)7(1-4-10)2-5-11/h7,10-12H,1-6,9H2,(H,13,14,15). The van der Waals surface area contributed by atoms with E-state index in [1.165, 1.54) is 0 Å². The second-order valence-electron chi connectivity index (χ2n) is 3.63. The molecule has 1 unspecified atom stereocenters. The minimum absolute atomic E-state index is 0.0247. The number of hydrogen-bond acceptors (Lipinski definition) is 6. The largest absolute Gasteiger partial charge is 0.396 e. The van der Waals surface area contributed by atoms with Gasteiger partial charge in [0.2, 0.25) is 0 Å². The van der Waals surface area contributed by atoms with E-state index in [9.17, 15) is 8.42 Å². The summed E-state index contributed by atoms with van der Waals surface area (Å²) in [5.41, 5.74) is 5.58. The molecule has 0 saturated carbocycles. The molecular weight excluding hydrogens is 238 g/mol. The van der Waals surface area contributed by atoms with Crippen molar-refractivity contribution in [3.05, 3.63) is 0 Å². The number of aliphatic hydroxyl groups is 3. The van der Waals surface area contributed by atoms with Crippen molar-refractivity contribution in [2.75, 3.05) is 19.8 Å². The van der Waals surface area contributed by atoms with Gasteiger partial charge in [-0.05, 0) is 18.8 Å². The fraction of sp³-hybridized carbons (Fsp3) is 1.00. The van der Waals surface area contributed by atoms with Crippen LogP contribution in [-0.2, 0) is 10.1 Å². The van der Waals surface area contributed by atoms with Crippen molar-refractivity contribution in [2.24, 2.45) is 11.7 Å². The maximum absolute atomic E-state index is 11.2. The van der Waals surface area contributed by atoms with E-state index in [0.29, 0.717) is 0 Å². The molecule has 0 radical (unpaired) electrons. The van der Waals surface area contributed by atoms with Crippen molar-refractivity contribution in [3.8, 4) is 0 Å². The third-order valence-electron chi connectivity index (χ3n) is 2.63. The second kappa shape index (κ2) is 6.48. The van der Waals surface area contributed by atoms with Crippen molar-refractivity contribution in [1.29, 1.82) is 0 Å². The van der Waals surface area contributed by atoms with Crippen LogP contribution in [0, 0.1) is 5.92 Å². The van der Waals surface area contributed by atoms with Gasteiger partial charge in [-0.3, -0.25) is 4.55 Å². The average molecular weight is 257 g/mol. The Morgan fingerprint density at radius 1 is 1.06 bits per heavy atom. The molecule has 0 bridgehead atoms. The van der Waals surface area contributed by atoms with Crippen LogP contribution in [0.15, 0.2) is 0 Å². The minimum atomic E-state index is -4.57. The molecule has 1 atom stereocenters. The van der Waals surface area contributed by atoms with Crippen LogP contribution in [0.5, 0.6) is 0 Å². The molecule has 0 aromatic rings. The van der Waals surface area contributed by atoms with E-state index >= 15 is 0 Å². The van der Waals surface area contributed by atoms with Gasteiger partial charge in [0, 0.05) is 26.2 Å². The summed E-state index contributed by atoms with van der Waals surface area (Å²) in [7, 11) is -4.57. The van der Waals surface area contributed by atoms with Gasteiger partial charge in [0.1, 0.15) is 4.87 Å². The highest BCUT2D eigenvalue weighted by Crippen LogP contribution is 2.29. The summed E-state index contributed by atoms with van der Waals surface area (Å²) in [5.74, 6) is -0.815. The Labute approximate surface area is 94.6 Å². The lowest BCUT2D eigenvalue weighted by Crippen LogP contribution is -2.54. The predicted molar refractivity (Wildman–Crippen MR) is 57.1 cm³/mol. The second-order valence-corrected chi connectivity index (χ2v) is 5.34. The molecule has 0 aliphatic carbocycles.